The summed E-state index contributed by atoms with van der Waals surface area (Å²) in [6.45, 7) is 17.0. The SMILES string of the molecule is C[C@H]1[C@H](C)CC[C@@]2(C)CC[C@@]3(C)C(=CC[C@@H]4[C@@]5(C)CC[C@@H](O)[C@](C)(C(=O)O)[C@@H]5CC[C@@]43C)[C@H]12. The average Bonchev–Trinajstić information content (AvgIpc) is 2.75. The number of rotatable bonds is 1. The molecule has 4 fully saturated rings. The number of fused-ring (bicyclic) bond motifs is 7. The molecule has 0 aliphatic heterocycles. The summed E-state index contributed by atoms with van der Waals surface area (Å²) in [4.78, 5) is 12.5. The zero-order valence-electron chi connectivity index (χ0n) is 22.2. The number of allylic oxidation sites excluding steroid dienone is 2. The highest BCUT2D eigenvalue weighted by atomic mass is 16.4. The maximum atomic E-state index is 12.5. The van der Waals surface area contributed by atoms with E-state index in [9.17, 15) is 15.0 Å². The Morgan fingerprint density at radius 1 is 0.909 bits per heavy atom. The van der Waals surface area contributed by atoms with Gasteiger partial charge in [-0.1, -0.05) is 53.2 Å². The van der Waals surface area contributed by atoms with E-state index in [0.29, 0.717) is 23.7 Å². The van der Waals surface area contributed by atoms with Crippen molar-refractivity contribution in [2.45, 2.75) is 112 Å². The van der Waals surface area contributed by atoms with Gasteiger partial charge in [0, 0.05) is 0 Å². The summed E-state index contributed by atoms with van der Waals surface area (Å²) in [7, 11) is 0. The number of aliphatic hydroxyl groups excluding tert-OH is 1. The number of hydrogen-bond donors (Lipinski definition) is 2. The molecule has 4 saturated carbocycles. The van der Waals surface area contributed by atoms with E-state index in [4.69, 9.17) is 0 Å². The second-order valence-electron chi connectivity index (χ2n) is 14.4. The van der Waals surface area contributed by atoms with Gasteiger partial charge in [0.15, 0.2) is 0 Å². The van der Waals surface area contributed by atoms with E-state index >= 15 is 0 Å². The molecule has 5 aliphatic rings. The maximum Gasteiger partial charge on any atom is 0.312 e. The van der Waals surface area contributed by atoms with E-state index in [2.05, 4.69) is 47.6 Å². The monoisotopic (exact) mass is 456 g/mol. The van der Waals surface area contributed by atoms with Gasteiger partial charge < -0.3 is 10.2 Å². The Morgan fingerprint density at radius 2 is 1.61 bits per heavy atom. The minimum Gasteiger partial charge on any atom is -0.481 e. The largest absolute Gasteiger partial charge is 0.481 e. The summed E-state index contributed by atoms with van der Waals surface area (Å²) in [5, 5.41) is 21.1. The van der Waals surface area contributed by atoms with Crippen LogP contribution in [0.1, 0.15) is 106 Å². The number of aliphatic hydroxyl groups is 1. The predicted molar refractivity (Wildman–Crippen MR) is 133 cm³/mol. The number of carbonyl (C=O) groups is 1. The predicted octanol–water partition coefficient (Wildman–Crippen LogP) is 7.09. The van der Waals surface area contributed by atoms with Gasteiger partial charge in [0.05, 0.1) is 11.5 Å². The van der Waals surface area contributed by atoms with Gasteiger partial charge in [-0.2, -0.15) is 0 Å². The summed E-state index contributed by atoms with van der Waals surface area (Å²) in [6, 6.07) is 0. The van der Waals surface area contributed by atoms with Crippen LogP contribution < -0.4 is 0 Å². The molecule has 2 N–H and O–H groups in total. The minimum atomic E-state index is -1.03. The second kappa shape index (κ2) is 7.11. The summed E-state index contributed by atoms with van der Waals surface area (Å²) in [5.74, 6) is 1.96. The van der Waals surface area contributed by atoms with Crippen LogP contribution >= 0.6 is 0 Å². The fourth-order valence-electron chi connectivity index (χ4n) is 10.8. The van der Waals surface area contributed by atoms with E-state index in [1.54, 1.807) is 5.57 Å². The van der Waals surface area contributed by atoms with Crippen LogP contribution in [-0.4, -0.2) is 22.3 Å². The molecule has 0 amide bonds. The van der Waals surface area contributed by atoms with Crippen LogP contribution in [0.5, 0.6) is 0 Å². The Bertz CT molecular complexity index is 878. The molecule has 0 unspecified atom stereocenters. The molecular weight excluding hydrogens is 408 g/mol. The first-order valence-corrected chi connectivity index (χ1v) is 13.9. The van der Waals surface area contributed by atoms with Gasteiger partial charge in [-0.25, -0.2) is 0 Å². The molecule has 0 aromatic heterocycles. The smallest absolute Gasteiger partial charge is 0.312 e. The zero-order chi connectivity index (χ0) is 24.2. The van der Waals surface area contributed by atoms with E-state index < -0.39 is 17.5 Å². The average molecular weight is 457 g/mol. The van der Waals surface area contributed by atoms with Crippen LogP contribution in [0.15, 0.2) is 11.6 Å². The Balaban J connectivity index is 1.60. The van der Waals surface area contributed by atoms with Crippen molar-refractivity contribution in [3.05, 3.63) is 11.6 Å². The molecule has 186 valence electrons. The van der Waals surface area contributed by atoms with Gasteiger partial charge in [-0.3, -0.25) is 4.79 Å². The first kappa shape index (κ1) is 23.9. The maximum absolute atomic E-state index is 12.5. The third kappa shape index (κ3) is 2.75. The van der Waals surface area contributed by atoms with E-state index in [1.165, 1.54) is 25.7 Å². The van der Waals surface area contributed by atoms with Crippen molar-refractivity contribution in [3.63, 3.8) is 0 Å². The molecular formula is C30H48O3. The lowest BCUT2D eigenvalue weighted by Gasteiger charge is -2.71. The molecule has 3 heteroatoms. The van der Waals surface area contributed by atoms with E-state index in [1.807, 2.05) is 6.92 Å². The highest BCUT2D eigenvalue weighted by molar-refractivity contribution is 5.76. The van der Waals surface area contributed by atoms with E-state index in [-0.39, 0.29) is 22.2 Å². The van der Waals surface area contributed by atoms with Gasteiger partial charge in [0.25, 0.3) is 0 Å². The third-order valence-electron chi connectivity index (χ3n) is 13.5. The molecule has 11 atom stereocenters. The number of carboxylic acids is 1. The lowest BCUT2D eigenvalue weighted by molar-refractivity contribution is -0.217. The molecule has 33 heavy (non-hydrogen) atoms. The van der Waals surface area contributed by atoms with Gasteiger partial charge >= 0.3 is 5.97 Å². The van der Waals surface area contributed by atoms with Crippen LogP contribution in [0, 0.1) is 56.7 Å². The summed E-state index contributed by atoms with van der Waals surface area (Å²) in [5.41, 5.74) is 1.56. The standard InChI is InChI=1S/C30H48O3/c1-18-10-13-26(3)16-17-28(5)20(24(26)19(18)2)8-9-21-27(4)14-12-23(31)30(7,25(32)33)22(27)11-15-29(21,28)6/h8,18-19,21-24,31H,9-17H2,1-7H3,(H,32,33)/t18-,19+,21-,22-,23-,24+,26+,27-,28+,29+,30-/m1/s1. The third-order valence-corrected chi connectivity index (χ3v) is 13.5. The molecule has 0 saturated heterocycles. The Hall–Kier alpha value is -0.830. The van der Waals surface area contributed by atoms with Crippen LogP contribution in [-0.2, 0) is 4.79 Å². The molecule has 0 radical (unpaired) electrons. The van der Waals surface area contributed by atoms with Crippen LogP contribution in [0.3, 0.4) is 0 Å². The first-order valence-electron chi connectivity index (χ1n) is 13.9. The van der Waals surface area contributed by atoms with Crippen molar-refractivity contribution in [3.8, 4) is 0 Å². The van der Waals surface area contributed by atoms with Crippen LogP contribution in [0.2, 0.25) is 0 Å². The fraction of sp³-hybridized carbons (Fsp3) is 0.900. The van der Waals surface area contributed by atoms with Crippen molar-refractivity contribution in [2.24, 2.45) is 56.7 Å². The highest BCUT2D eigenvalue weighted by Crippen LogP contribution is 2.75. The second-order valence-corrected chi connectivity index (χ2v) is 14.4. The van der Waals surface area contributed by atoms with Crippen LogP contribution in [0.25, 0.3) is 0 Å². The van der Waals surface area contributed by atoms with Crippen molar-refractivity contribution in [2.75, 3.05) is 0 Å². The molecule has 0 aromatic carbocycles. The fourth-order valence-corrected chi connectivity index (χ4v) is 10.8. The Labute approximate surface area is 201 Å². The molecule has 3 nitrogen and oxygen atoms in total. The summed E-state index contributed by atoms with van der Waals surface area (Å²) in [6.07, 6.45) is 12.0. The number of carboxylic acid groups (broad SMARTS) is 1. The van der Waals surface area contributed by atoms with Crippen LogP contribution in [0.4, 0.5) is 0 Å². The Kier molecular flexibility index (Phi) is 5.15. The molecule has 0 spiro atoms. The molecule has 0 heterocycles. The lowest BCUT2D eigenvalue weighted by atomic mass is 9.33. The van der Waals surface area contributed by atoms with Crippen molar-refractivity contribution in [1.29, 1.82) is 0 Å². The molecule has 5 aliphatic carbocycles. The lowest BCUT2D eigenvalue weighted by Crippen LogP contribution is -2.66. The number of hydrogen-bond acceptors (Lipinski definition) is 2. The van der Waals surface area contributed by atoms with Gasteiger partial charge in [-0.05, 0) is 116 Å². The molecule has 0 bridgehead atoms. The van der Waals surface area contributed by atoms with Gasteiger partial charge in [0.2, 0.25) is 0 Å². The van der Waals surface area contributed by atoms with Gasteiger partial charge in [0.1, 0.15) is 0 Å². The van der Waals surface area contributed by atoms with E-state index in [0.717, 1.165) is 37.5 Å². The van der Waals surface area contributed by atoms with Crippen molar-refractivity contribution in [1.82, 2.24) is 0 Å². The highest BCUT2D eigenvalue weighted by Gasteiger charge is 2.69. The molecule has 5 rings (SSSR count). The molecule has 0 aromatic rings. The summed E-state index contributed by atoms with van der Waals surface area (Å²) < 4.78 is 0. The Morgan fingerprint density at radius 3 is 2.27 bits per heavy atom. The van der Waals surface area contributed by atoms with Crippen molar-refractivity contribution < 1.29 is 15.0 Å². The first-order chi connectivity index (χ1) is 15.3. The zero-order valence-corrected chi connectivity index (χ0v) is 22.2. The summed E-state index contributed by atoms with van der Waals surface area (Å²) >= 11 is 0. The quantitative estimate of drug-likeness (QED) is 0.414. The minimum absolute atomic E-state index is 0.0311. The topological polar surface area (TPSA) is 57.5 Å². The van der Waals surface area contributed by atoms with Crippen molar-refractivity contribution >= 4 is 5.97 Å². The normalized spacial score (nSPS) is 58.2. The van der Waals surface area contributed by atoms with Gasteiger partial charge in [-0.15, -0.1) is 0 Å². The number of aliphatic carboxylic acids is 1.